The second-order valence-electron chi connectivity index (χ2n) is 8.68. The third-order valence-electron chi connectivity index (χ3n) is 6.25. The maximum Gasteiger partial charge on any atom is 0.261 e. The summed E-state index contributed by atoms with van der Waals surface area (Å²) in [5, 5.41) is 2.91. The van der Waals surface area contributed by atoms with Gasteiger partial charge in [-0.15, -0.1) is 0 Å². The van der Waals surface area contributed by atoms with Crippen molar-refractivity contribution < 1.29 is 19.2 Å². The van der Waals surface area contributed by atoms with Crippen molar-refractivity contribution in [2.24, 2.45) is 0 Å². The number of aryl methyl sites for hydroxylation is 1. The van der Waals surface area contributed by atoms with E-state index < -0.39 is 6.04 Å². The fourth-order valence-corrected chi connectivity index (χ4v) is 4.06. The van der Waals surface area contributed by atoms with Gasteiger partial charge in [0.05, 0.1) is 11.1 Å². The van der Waals surface area contributed by atoms with Gasteiger partial charge in [0.15, 0.2) is 0 Å². The van der Waals surface area contributed by atoms with E-state index in [0.29, 0.717) is 30.6 Å². The lowest BCUT2D eigenvalue weighted by Gasteiger charge is -2.29. The van der Waals surface area contributed by atoms with E-state index in [9.17, 15) is 19.2 Å². The molecule has 0 saturated carbocycles. The number of unbranched alkanes of at least 4 members (excludes halogenated alkanes) is 1. The van der Waals surface area contributed by atoms with Gasteiger partial charge in [0.25, 0.3) is 11.8 Å². The largest absolute Gasteiger partial charge is 0.354 e. The Morgan fingerprint density at radius 2 is 1.59 bits per heavy atom. The zero-order valence-corrected chi connectivity index (χ0v) is 20.2. The van der Waals surface area contributed by atoms with Crippen LogP contribution in [0.2, 0.25) is 0 Å². The number of amides is 4. The molecule has 7 nitrogen and oxygen atoms in total. The summed E-state index contributed by atoms with van der Waals surface area (Å²) in [5.74, 6) is -1.02. The van der Waals surface area contributed by atoms with E-state index in [2.05, 4.69) is 12.2 Å². The minimum absolute atomic E-state index is 0.131. The van der Waals surface area contributed by atoms with E-state index in [1.165, 1.54) is 4.90 Å². The molecule has 0 unspecified atom stereocenters. The second kappa shape index (κ2) is 11.6. The molecule has 0 aromatic heterocycles. The van der Waals surface area contributed by atoms with Crippen LogP contribution >= 0.6 is 0 Å². The smallest absolute Gasteiger partial charge is 0.261 e. The molecule has 2 aromatic rings. The van der Waals surface area contributed by atoms with Crippen LogP contribution in [0.15, 0.2) is 48.5 Å². The number of nitrogens with one attached hydrogen (secondary N) is 1. The van der Waals surface area contributed by atoms with Crippen molar-refractivity contribution in [2.45, 2.75) is 59.0 Å². The Balaban J connectivity index is 1.66. The van der Waals surface area contributed by atoms with E-state index in [1.54, 1.807) is 36.1 Å². The van der Waals surface area contributed by atoms with Crippen molar-refractivity contribution in [1.82, 2.24) is 15.1 Å². The summed E-state index contributed by atoms with van der Waals surface area (Å²) in [7, 11) is 0. The lowest BCUT2D eigenvalue weighted by atomic mass is 10.1. The third kappa shape index (κ3) is 5.71. The van der Waals surface area contributed by atoms with Crippen LogP contribution in [0.25, 0.3) is 0 Å². The highest BCUT2D eigenvalue weighted by Crippen LogP contribution is 2.23. The summed E-state index contributed by atoms with van der Waals surface area (Å²) in [6.07, 6.45) is 2.31. The van der Waals surface area contributed by atoms with Gasteiger partial charge >= 0.3 is 0 Å². The molecule has 1 aliphatic rings. The molecule has 4 amide bonds. The van der Waals surface area contributed by atoms with Gasteiger partial charge in [0, 0.05) is 26.1 Å². The van der Waals surface area contributed by atoms with Gasteiger partial charge in [-0.25, -0.2) is 0 Å². The van der Waals surface area contributed by atoms with Gasteiger partial charge in [-0.2, -0.15) is 0 Å². The standard InChI is InChI=1S/C27H33N3O4/c1-4-5-16-28-25(32)20(3)30(18-21-12-7-6-11-19(21)2)24(31)15-10-17-29-26(33)22-13-8-9-14-23(22)27(29)34/h6-9,11-14,20H,4-5,10,15-18H2,1-3H3,(H,28,32)/t20-/m0/s1. The lowest BCUT2D eigenvalue weighted by Crippen LogP contribution is -2.48. The van der Waals surface area contributed by atoms with Crippen molar-refractivity contribution in [1.29, 1.82) is 0 Å². The summed E-state index contributed by atoms with van der Waals surface area (Å²) >= 11 is 0. The van der Waals surface area contributed by atoms with Gasteiger partial charge < -0.3 is 10.2 Å². The average Bonchev–Trinajstić information content (AvgIpc) is 3.08. The Morgan fingerprint density at radius 1 is 0.971 bits per heavy atom. The first-order valence-electron chi connectivity index (χ1n) is 11.9. The van der Waals surface area contributed by atoms with Gasteiger partial charge in [0.1, 0.15) is 6.04 Å². The summed E-state index contributed by atoms with van der Waals surface area (Å²) in [5.41, 5.74) is 2.82. The molecule has 34 heavy (non-hydrogen) atoms. The first kappa shape index (κ1) is 25.1. The van der Waals surface area contributed by atoms with E-state index in [-0.39, 0.29) is 36.6 Å². The van der Waals surface area contributed by atoms with Crippen LogP contribution in [0, 0.1) is 6.92 Å². The van der Waals surface area contributed by atoms with Crippen LogP contribution in [-0.4, -0.2) is 52.6 Å². The van der Waals surface area contributed by atoms with Crippen LogP contribution in [0.4, 0.5) is 0 Å². The Bertz CT molecular complexity index is 1030. The van der Waals surface area contributed by atoms with Crippen LogP contribution in [0.1, 0.15) is 71.4 Å². The fourth-order valence-electron chi connectivity index (χ4n) is 4.06. The summed E-state index contributed by atoms with van der Waals surface area (Å²) in [6, 6.07) is 13.9. The molecule has 0 aliphatic carbocycles. The summed E-state index contributed by atoms with van der Waals surface area (Å²) < 4.78 is 0. The maximum absolute atomic E-state index is 13.2. The predicted molar refractivity (Wildman–Crippen MR) is 130 cm³/mol. The topological polar surface area (TPSA) is 86.8 Å². The number of carbonyl (C=O) groups is 4. The van der Waals surface area contributed by atoms with Gasteiger partial charge in [0.2, 0.25) is 11.8 Å². The molecule has 0 bridgehead atoms. The number of nitrogens with zero attached hydrogens (tertiary/aromatic N) is 2. The van der Waals surface area contributed by atoms with Crippen molar-refractivity contribution >= 4 is 23.6 Å². The van der Waals surface area contributed by atoms with E-state index in [0.717, 1.165) is 24.0 Å². The molecule has 1 aliphatic heterocycles. The monoisotopic (exact) mass is 463 g/mol. The summed E-state index contributed by atoms with van der Waals surface area (Å²) in [4.78, 5) is 53.9. The molecule has 180 valence electrons. The molecule has 0 saturated heterocycles. The number of benzene rings is 2. The molecule has 3 rings (SSSR count). The SMILES string of the molecule is CCCCNC(=O)[C@H](C)N(Cc1ccccc1C)C(=O)CCCN1C(=O)c2ccccc2C1=O. The zero-order chi connectivity index (χ0) is 24.7. The number of hydrogen-bond acceptors (Lipinski definition) is 4. The number of imide groups is 1. The van der Waals surface area contributed by atoms with Gasteiger partial charge in [-0.05, 0) is 49.9 Å². The molecule has 7 heteroatoms. The fraction of sp³-hybridized carbons (Fsp3) is 0.407. The lowest BCUT2D eigenvalue weighted by molar-refractivity contribution is -0.140. The molecule has 0 radical (unpaired) electrons. The maximum atomic E-state index is 13.2. The highest BCUT2D eigenvalue weighted by molar-refractivity contribution is 6.21. The molecular formula is C27H33N3O4. The van der Waals surface area contributed by atoms with Crippen molar-refractivity contribution in [3.8, 4) is 0 Å². The minimum atomic E-state index is -0.636. The van der Waals surface area contributed by atoms with Crippen molar-refractivity contribution in [2.75, 3.05) is 13.1 Å². The molecular weight excluding hydrogens is 430 g/mol. The van der Waals surface area contributed by atoms with Gasteiger partial charge in [-0.1, -0.05) is 49.7 Å². The Labute approximate surface area is 201 Å². The predicted octanol–water partition coefficient (Wildman–Crippen LogP) is 3.70. The highest BCUT2D eigenvalue weighted by Gasteiger charge is 2.35. The average molecular weight is 464 g/mol. The Kier molecular flexibility index (Phi) is 8.57. The van der Waals surface area contributed by atoms with E-state index >= 15 is 0 Å². The second-order valence-corrected chi connectivity index (χ2v) is 8.68. The Morgan fingerprint density at radius 3 is 2.21 bits per heavy atom. The Hall–Kier alpha value is -3.48. The van der Waals surface area contributed by atoms with Crippen LogP contribution in [-0.2, 0) is 16.1 Å². The van der Waals surface area contributed by atoms with E-state index in [4.69, 9.17) is 0 Å². The molecule has 1 atom stereocenters. The molecule has 0 spiro atoms. The minimum Gasteiger partial charge on any atom is -0.354 e. The normalized spacial score (nSPS) is 13.6. The number of rotatable bonds is 11. The number of fused-ring (bicyclic) bond motifs is 1. The first-order chi connectivity index (χ1) is 16.3. The first-order valence-corrected chi connectivity index (χ1v) is 11.9. The van der Waals surface area contributed by atoms with Crippen molar-refractivity contribution in [3.05, 3.63) is 70.8 Å². The van der Waals surface area contributed by atoms with Crippen LogP contribution < -0.4 is 5.32 Å². The molecule has 0 fully saturated rings. The third-order valence-corrected chi connectivity index (χ3v) is 6.25. The molecule has 1 heterocycles. The van der Waals surface area contributed by atoms with Crippen molar-refractivity contribution in [3.63, 3.8) is 0 Å². The van der Waals surface area contributed by atoms with E-state index in [1.807, 2.05) is 31.2 Å². The zero-order valence-electron chi connectivity index (χ0n) is 20.2. The molecule has 2 aromatic carbocycles. The van der Waals surface area contributed by atoms with Crippen LogP contribution in [0.5, 0.6) is 0 Å². The number of hydrogen-bond donors (Lipinski definition) is 1. The highest BCUT2D eigenvalue weighted by atomic mass is 16.2. The van der Waals surface area contributed by atoms with Crippen LogP contribution in [0.3, 0.4) is 0 Å². The quantitative estimate of drug-likeness (QED) is 0.407. The van der Waals surface area contributed by atoms with Gasteiger partial charge in [-0.3, -0.25) is 24.1 Å². The number of carbonyl (C=O) groups excluding carboxylic acids is 4. The molecule has 1 N–H and O–H groups in total. The summed E-state index contributed by atoms with van der Waals surface area (Å²) in [6.45, 7) is 6.83.